The van der Waals surface area contributed by atoms with E-state index in [-0.39, 0.29) is 6.61 Å². The smallest absolute Gasteiger partial charge is 0.313 e. The fourth-order valence-corrected chi connectivity index (χ4v) is 5.67. The van der Waals surface area contributed by atoms with Gasteiger partial charge in [0.05, 0.1) is 22.9 Å². The van der Waals surface area contributed by atoms with Crippen molar-refractivity contribution < 1.29 is 42.9 Å². The lowest BCUT2D eigenvalue weighted by Gasteiger charge is -2.47. The number of esters is 3. The fraction of sp³-hybridized carbons (Fsp3) is 0.476. The lowest BCUT2D eigenvalue weighted by atomic mass is 9.80. The quantitative estimate of drug-likeness (QED) is 0.138. The minimum atomic E-state index is -1.45. The molecule has 4 rings (SSSR count). The molecule has 1 aliphatic rings. The second kappa shape index (κ2) is 16.0. The molecule has 3 aromatic carbocycles. The summed E-state index contributed by atoms with van der Waals surface area (Å²) in [5.74, 6) is -2.35. The predicted octanol–water partition coefficient (Wildman–Crippen LogP) is 6.73. The summed E-state index contributed by atoms with van der Waals surface area (Å²) >= 11 is 0. The SMILES string of the molecule is CC(=O)N[C@H]1C(OC(=O)C(C)(C)C)O[C@H](COC(c2ccccc2)(c2ccccc2)c2ccccc2)[C@@H](OC(=O)C(C)(C)C)[C@@H]1OC(=O)C(C)(C)C. The molecule has 280 valence electrons. The Hall–Kier alpha value is -4.54. The average molecular weight is 716 g/mol. The van der Waals surface area contributed by atoms with E-state index in [1.165, 1.54) is 6.92 Å². The van der Waals surface area contributed by atoms with E-state index in [9.17, 15) is 19.2 Å². The van der Waals surface area contributed by atoms with Crippen molar-refractivity contribution in [2.75, 3.05) is 6.61 Å². The first-order valence-corrected chi connectivity index (χ1v) is 17.6. The van der Waals surface area contributed by atoms with Crippen LogP contribution in [-0.4, -0.2) is 61.1 Å². The molecule has 0 aromatic heterocycles. The lowest BCUT2D eigenvalue weighted by Crippen LogP contribution is -2.67. The fourth-order valence-electron chi connectivity index (χ4n) is 5.67. The van der Waals surface area contributed by atoms with Crippen molar-refractivity contribution in [1.82, 2.24) is 5.32 Å². The number of carbonyl (C=O) groups excluding carboxylic acids is 4. The zero-order valence-electron chi connectivity index (χ0n) is 31.9. The molecule has 1 saturated heterocycles. The number of amides is 1. The molecule has 3 aromatic rings. The molecular formula is C42H53NO9. The summed E-state index contributed by atoms with van der Waals surface area (Å²) in [5.41, 5.74) is -1.66. The number of ether oxygens (including phenoxy) is 5. The van der Waals surface area contributed by atoms with Crippen LogP contribution >= 0.6 is 0 Å². The molecule has 0 radical (unpaired) electrons. The molecule has 1 N–H and O–H groups in total. The highest BCUT2D eigenvalue weighted by atomic mass is 16.7. The first-order chi connectivity index (χ1) is 24.2. The number of rotatable bonds is 10. The Morgan fingerprint density at radius 2 is 0.942 bits per heavy atom. The van der Waals surface area contributed by atoms with Crippen molar-refractivity contribution in [2.45, 2.75) is 105 Å². The van der Waals surface area contributed by atoms with Gasteiger partial charge in [0, 0.05) is 6.92 Å². The van der Waals surface area contributed by atoms with Gasteiger partial charge in [0.2, 0.25) is 12.2 Å². The summed E-state index contributed by atoms with van der Waals surface area (Å²) in [6.07, 6.45) is -5.27. The molecule has 0 bridgehead atoms. The molecule has 0 saturated carbocycles. The van der Waals surface area contributed by atoms with Crippen LogP contribution in [0, 0.1) is 16.2 Å². The molecule has 10 nitrogen and oxygen atoms in total. The van der Waals surface area contributed by atoms with E-state index in [1.807, 2.05) is 91.0 Å². The predicted molar refractivity (Wildman–Crippen MR) is 196 cm³/mol. The van der Waals surface area contributed by atoms with Crippen molar-refractivity contribution in [1.29, 1.82) is 0 Å². The first kappa shape index (κ1) is 40.2. The Kier molecular flexibility index (Phi) is 12.4. The van der Waals surface area contributed by atoms with Gasteiger partial charge in [-0.05, 0) is 79.0 Å². The number of benzene rings is 3. The largest absolute Gasteiger partial charge is 0.455 e. The maximum absolute atomic E-state index is 13.7. The van der Waals surface area contributed by atoms with E-state index in [0.29, 0.717) is 0 Å². The van der Waals surface area contributed by atoms with Crippen LogP contribution in [0.15, 0.2) is 91.0 Å². The molecule has 5 atom stereocenters. The number of hydrogen-bond acceptors (Lipinski definition) is 9. The molecule has 0 spiro atoms. The van der Waals surface area contributed by atoms with Crippen molar-refractivity contribution >= 4 is 23.8 Å². The third-order valence-electron chi connectivity index (χ3n) is 8.57. The van der Waals surface area contributed by atoms with Crippen LogP contribution in [0.4, 0.5) is 0 Å². The van der Waals surface area contributed by atoms with Gasteiger partial charge in [0.25, 0.3) is 0 Å². The van der Waals surface area contributed by atoms with Gasteiger partial charge in [-0.25, -0.2) is 0 Å². The van der Waals surface area contributed by atoms with Crippen LogP contribution in [-0.2, 0) is 48.5 Å². The van der Waals surface area contributed by atoms with Crippen LogP contribution in [0.25, 0.3) is 0 Å². The van der Waals surface area contributed by atoms with Crippen molar-refractivity contribution in [3.63, 3.8) is 0 Å². The number of carbonyl (C=O) groups is 4. The molecule has 52 heavy (non-hydrogen) atoms. The van der Waals surface area contributed by atoms with Crippen molar-refractivity contribution in [3.05, 3.63) is 108 Å². The molecule has 1 heterocycles. The van der Waals surface area contributed by atoms with Crippen LogP contribution in [0.5, 0.6) is 0 Å². The highest BCUT2D eigenvalue weighted by molar-refractivity contribution is 5.78. The Morgan fingerprint density at radius 1 is 0.577 bits per heavy atom. The second-order valence-electron chi connectivity index (χ2n) is 16.3. The van der Waals surface area contributed by atoms with E-state index in [2.05, 4.69) is 5.32 Å². The van der Waals surface area contributed by atoms with E-state index in [4.69, 9.17) is 23.7 Å². The molecule has 0 aliphatic carbocycles. The van der Waals surface area contributed by atoms with Gasteiger partial charge in [-0.1, -0.05) is 91.0 Å². The topological polar surface area (TPSA) is 126 Å². The number of hydrogen-bond donors (Lipinski definition) is 1. The van der Waals surface area contributed by atoms with Crippen LogP contribution < -0.4 is 5.32 Å². The molecule has 1 fully saturated rings. The van der Waals surface area contributed by atoms with Gasteiger partial charge in [-0.2, -0.15) is 0 Å². The molecule has 1 unspecified atom stereocenters. The van der Waals surface area contributed by atoms with E-state index in [0.717, 1.165) is 16.7 Å². The highest BCUT2D eigenvalue weighted by Crippen LogP contribution is 2.42. The second-order valence-corrected chi connectivity index (χ2v) is 16.3. The van der Waals surface area contributed by atoms with Gasteiger partial charge < -0.3 is 29.0 Å². The highest BCUT2D eigenvalue weighted by Gasteiger charge is 2.55. The summed E-state index contributed by atoms with van der Waals surface area (Å²) in [4.78, 5) is 53.3. The summed E-state index contributed by atoms with van der Waals surface area (Å²) in [7, 11) is 0. The minimum Gasteiger partial charge on any atom is -0.455 e. The Balaban J connectivity index is 1.92. The van der Waals surface area contributed by atoms with Gasteiger partial charge in [0.1, 0.15) is 17.7 Å². The van der Waals surface area contributed by atoms with Crippen LogP contribution in [0.1, 0.15) is 85.9 Å². The zero-order chi connectivity index (χ0) is 38.5. The van der Waals surface area contributed by atoms with Gasteiger partial charge in [-0.15, -0.1) is 0 Å². The standard InChI is InChI=1S/C42H53NO9/c1-27(44)43-32-34(51-37(46)40(5,6)7)33(50-36(45)39(2,3)4)31(49-35(32)52-38(47)41(8,9)10)26-48-42(28-20-14-11-15-21-28,29-22-16-12-17-23-29)30-24-18-13-19-25-30/h11-25,31-35H,26H2,1-10H3,(H,43,44)/t31-,32-,33-,34-,35?/m1/s1. The third-order valence-corrected chi connectivity index (χ3v) is 8.57. The summed E-state index contributed by atoms with van der Waals surface area (Å²) in [6, 6.07) is 27.8. The van der Waals surface area contributed by atoms with Gasteiger partial charge >= 0.3 is 17.9 Å². The molecular weight excluding hydrogens is 662 g/mol. The molecule has 1 amide bonds. The van der Waals surface area contributed by atoms with Gasteiger partial charge in [-0.3, -0.25) is 19.2 Å². The maximum atomic E-state index is 13.7. The third kappa shape index (κ3) is 9.46. The zero-order valence-corrected chi connectivity index (χ0v) is 31.9. The number of nitrogens with one attached hydrogen (secondary N) is 1. The summed E-state index contributed by atoms with van der Waals surface area (Å²) in [5, 5.41) is 2.76. The molecule has 10 heteroatoms. The monoisotopic (exact) mass is 715 g/mol. The Bertz CT molecular complexity index is 1570. The van der Waals surface area contributed by atoms with Crippen LogP contribution in [0.2, 0.25) is 0 Å². The first-order valence-electron chi connectivity index (χ1n) is 17.6. The van der Waals surface area contributed by atoms with E-state index in [1.54, 1.807) is 62.3 Å². The Morgan fingerprint density at radius 3 is 1.31 bits per heavy atom. The van der Waals surface area contributed by atoms with Crippen molar-refractivity contribution in [3.8, 4) is 0 Å². The summed E-state index contributed by atoms with van der Waals surface area (Å²) < 4.78 is 31.9. The lowest BCUT2D eigenvalue weighted by molar-refractivity contribution is -0.280. The van der Waals surface area contributed by atoms with Crippen molar-refractivity contribution in [2.24, 2.45) is 16.2 Å². The van der Waals surface area contributed by atoms with E-state index >= 15 is 0 Å². The van der Waals surface area contributed by atoms with E-state index < -0.39 is 76.3 Å². The minimum absolute atomic E-state index is 0.235. The maximum Gasteiger partial charge on any atom is 0.313 e. The molecule has 1 aliphatic heterocycles. The summed E-state index contributed by atoms with van der Waals surface area (Å²) in [6.45, 7) is 16.3. The van der Waals surface area contributed by atoms with Crippen LogP contribution in [0.3, 0.4) is 0 Å². The average Bonchev–Trinajstić information content (AvgIpc) is 3.07. The normalized spacial score (nSPS) is 21.1. The Labute approximate surface area is 307 Å². The van der Waals surface area contributed by atoms with Gasteiger partial charge in [0.15, 0.2) is 12.2 Å².